The largest absolute Gasteiger partial charge is 0.441 e. The fourth-order valence-electron chi connectivity index (χ4n) is 2.37. The van der Waals surface area contributed by atoms with E-state index < -0.39 is 22.3 Å². The van der Waals surface area contributed by atoms with Crippen molar-refractivity contribution in [3.63, 3.8) is 0 Å². The van der Waals surface area contributed by atoms with E-state index in [1.54, 1.807) is 24.3 Å². The summed E-state index contributed by atoms with van der Waals surface area (Å²) in [5.74, 6) is 0. The summed E-state index contributed by atoms with van der Waals surface area (Å²) >= 11 is 0. The molecule has 0 N–H and O–H groups in total. The topological polar surface area (TPSA) is 72.9 Å². The number of hydrogen-bond donors (Lipinski definition) is 0. The van der Waals surface area contributed by atoms with Crippen molar-refractivity contribution in [1.29, 1.82) is 0 Å². The number of anilines is 1. The zero-order valence-electron chi connectivity index (χ0n) is 13.1. The second-order valence-electron chi connectivity index (χ2n) is 5.50. The van der Waals surface area contributed by atoms with Gasteiger partial charge in [-0.1, -0.05) is 35.9 Å². The van der Waals surface area contributed by atoms with Crippen LogP contribution in [0.1, 0.15) is 5.56 Å². The van der Waals surface area contributed by atoms with Crippen molar-refractivity contribution in [2.24, 2.45) is 0 Å². The molecule has 24 heavy (non-hydrogen) atoms. The second-order valence-corrected chi connectivity index (χ2v) is 7.12. The van der Waals surface area contributed by atoms with Crippen LogP contribution in [0.15, 0.2) is 59.5 Å². The molecule has 0 saturated carbocycles. The molecule has 2 aromatic carbocycles. The molecule has 7 heteroatoms. The van der Waals surface area contributed by atoms with E-state index in [2.05, 4.69) is 0 Å². The van der Waals surface area contributed by atoms with Crippen LogP contribution >= 0.6 is 0 Å². The second kappa shape index (κ2) is 6.62. The van der Waals surface area contributed by atoms with Crippen molar-refractivity contribution in [2.75, 3.05) is 18.1 Å². The summed E-state index contributed by atoms with van der Waals surface area (Å²) in [7, 11) is -3.87. The summed E-state index contributed by atoms with van der Waals surface area (Å²) < 4.78 is 34.5. The van der Waals surface area contributed by atoms with E-state index in [1.165, 1.54) is 17.0 Å². The summed E-state index contributed by atoms with van der Waals surface area (Å²) in [5, 5.41) is 0. The minimum atomic E-state index is -3.87. The summed E-state index contributed by atoms with van der Waals surface area (Å²) in [4.78, 5) is 13.4. The molecule has 0 aliphatic carbocycles. The molecule has 0 radical (unpaired) electrons. The van der Waals surface area contributed by atoms with Crippen molar-refractivity contribution < 1.29 is 22.1 Å². The van der Waals surface area contributed by atoms with Gasteiger partial charge >= 0.3 is 6.09 Å². The molecule has 1 unspecified atom stereocenters. The SMILES string of the molecule is Cc1ccc(S(=O)(=O)OCC2CN(c3ccccc3)C(=O)O2)cc1. The molecular formula is C17H17NO5S. The van der Waals surface area contributed by atoms with E-state index in [9.17, 15) is 13.2 Å². The first-order chi connectivity index (χ1) is 11.5. The lowest BCUT2D eigenvalue weighted by atomic mass is 10.2. The number of hydrogen-bond acceptors (Lipinski definition) is 5. The first kappa shape index (κ1) is 16.5. The first-order valence-corrected chi connectivity index (χ1v) is 8.86. The number of ether oxygens (including phenoxy) is 1. The quantitative estimate of drug-likeness (QED) is 0.778. The minimum Gasteiger partial charge on any atom is -0.441 e. The molecule has 0 spiro atoms. The van der Waals surface area contributed by atoms with Crippen LogP contribution in [0.25, 0.3) is 0 Å². The monoisotopic (exact) mass is 347 g/mol. The van der Waals surface area contributed by atoms with E-state index in [1.807, 2.05) is 25.1 Å². The maximum Gasteiger partial charge on any atom is 0.414 e. The Kier molecular flexibility index (Phi) is 4.55. The molecule has 126 valence electrons. The van der Waals surface area contributed by atoms with Gasteiger partial charge in [0.15, 0.2) is 0 Å². The van der Waals surface area contributed by atoms with Crippen LogP contribution in [0.5, 0.6) is 0 Å². The lowest BCUT2D eigenvalue weighted by molar-refractivity contribution is 0.107. The van der Waals surface area contributed by atoms with Gasteiger partial charge in [0, 0.05) is 5.69 Å². The molecular weight excluding hydrogens is 330 g/mol. The highest BCUT2D eigenvalue weighted by atomic mass is 32.2. The highest BCUT2D eigenvalue weighted by Gasteiger charge is 2.33. The number of benzene rings is 2. The van der Waals surface area contributed by atoms with E-state index >= 15 is 0 Å². The van der Waals surface area contributed by atoms with Gasteiger partial charge in [0.1, 0.15) is 12.7 Å². The molecule has 1 aliphatic rings. The third-order valence-electron chi connectivity index (χ3n) is 3.66. The Balaban J connectivity index is 1.63. The van der Waals surface area contributed by atoms with Crippen molar-refractivity contribution in [2.45, 2.75) is 17.9 Å². The van der Waals surface area contributed by atoms with E-state index in [4.69, 9.17) is 8.92 Å². The van der Waals surface area contributed by atoms with Crippen LogP contribution in [0.3, 0.4) is 0 Å². The zero-order valence-corrected chi connectivity index (χ0v) is 13.9. The highest BCUT2D eigenvalue weighted by Crippen LogP contribution is 2.22. The number of carbonyl (C=O) groups excluding carboxylic acids is 1. The van der Waals surface area contributed by atoms with Gasteiger partial charge in [-0.05, 0) is 31.2 Å². The van der Waals surface area contributed by atoms with Crippen LogP contribution in [-0.4, -0.2) is 33.8 Å². The summed E-state index contributed by atoms with van der Waals surface area (Å²) in [5.41, 5.74) is 1.66. The van der Waals surface area contributed by atoms with Crippen molar-refractivity contribution in [1.82, 2.24) is 0 Å². The predicted molar refractivity (Wildman–Crippen MR) is 88.4 cm³/mol. The van der Waals surface area contributed by atoms with Gasteiger partial charge in [0.2, 0.25) is 0 Å². The number of rotatable bonds is 5. The van der Waals surface area contributed by atoms with Crippen LogP contribution in [0, 0.1) is 6.92 Å². The normalized spacial score (nSPS) is 17.8. The van der Waals surface area contributed by atoms with Gasteiger partial charge in [0.05, 0.1) is 11.4 Å². The predicted octanol–water partition coefficient (Wildman–Crippen LogP) is 2.73. The van der Waals surface area contributed by atoms with Gasteiger partial charge in [0.25, 0.3) is 10.1 Å². The number of aryl methyl sites for hydroxylation is 1. The third-order valence-corrected chi connectivity index (χ3v) is 4.96. The molecule has 1 heterocycles. The number of carbonyl (C=O) groups is 1. The molecule has 1 fully saturated rings. The Bertz CT molecular complexity index is 818. The van der Waals surface area contributed by atoms with Gasteiger partial charge in [-0.3, -0.25) is 9.08 Å². The minimum absolute atomic E-state index is 0.0809. The number of amides is 1. The summed E-state index contributed by atoms with van der Waals surface area (Å²) in [6.07, 6.45) is -1.15. The van der Waals surface area contributed by atoms with Gasteiger partial charge in [-0.2, -0.15) is 8.42 Å². The summed E-state index contributed by atoms with van der Waals surface area (Å²) in [6.45, 7) is 1.89. The fourth-order valence-corrected chi connectivity index (χ4v) is 3.30. The number of para-hydroxylation sites is 1. The zero-order chi connectivity index (χ0) is 17.2. The summed E-state index contributed by atoms with van der Waals surface area (Å²) in [6, 6.07) is 15.4. The third kappa shape index (κ3) is 3.58. The molecule has 0 aromatic heterocycles. The maximum atomic E-state index is 12.2. The van der Waals surface area contributed by atoms with Crippen LogP contribution in [-0.2, 0) is 19.0 Å². The lowest BCUT2D eigenvalue weighted by Gasteiger charge is -2.12. The molecule has 0 bridgehead atoms. The van der Waals surface area contributed by atoms with E-state index in [0.29, 0.717) is 5.69 Å². The Morgan fingerprint density at radius 3 is 2.46 bits per heavy atom. The van der Waals surface area contributed by atoms with Crippen molar-refractivity contribution in [3.8, 4) is 0 Å². The fraction of sp³-hybridized carbons (Fsp3) is 0.235. The van der Waals surface area contributed by atoms with Gasteiger partial charge in [-0.15, -0.1) is 0 Å². The Morgan fingerprint density at radius 1 is 1.12 bits per heavy atom. The lowest BCUT2D eigenvalue weighted by Crippen LogP contribution is -2.26. The van der Waals surface area contributed by atoms with E-state index in [0.717, 1.165) is 5.56 Å². The van der Waals surface area contributed by atoms with Crippen LogP contribution in [0.4, 0.5) is 10.5 Å². The van der Waals surface area contributed by atoms with Crippen LogP contribution in [0.2, 0.25) is 0 Å². The van der Waals surface area contributed by atoms with Gasteiger partial charge < -0.3 is 4.74 Å². The Labute approximate surface area is 140 Å². The highest BCUT2D eigenvalue weighted by molar-refractivity contribution is 7.86. The van der Waals surface area contributed by atoms with Gasteiger partial charge in [-0.25, -0.2) is 4.79 Å². The Morgan fingerprint density at radius 2 is 1.79 bits per heavy atom. The first-order valence-electron chi connectivity index (χ1n) is 7.45. The molecule has 6 nitrogen and oxygen atoms in total. The molecule has 1 aliphatic heterocycles. The molecule has 1 saturated heterocycles. The average Bonchev–Trinajstić information content (AvgIpc) is 2.95. The Hall–Kier alpha value is -2.38. The molecule has 2 aromatic rings. The average molecular weight is 347 g/mol. The molecule has 3 rings (SSSR count). The van der Waals surface area contributed by atoms with E-state index in [-0.39, 0.29) is 18.0 Å². The smallest absolute Gasteiger partial charge is 0.414 e. The molecule has 1 atom stereocenters. The standard InChI is InChI=1S/C17H17NO5S/c1-13-7-9-16(10-8-13)24(20,21)22-12-15-11-18(17(19)23-15)14-5-3-2-4-6-14/h2-10,15H,11-12H2,1H3. The molecule has 1 amide bonds. The maximum absolute atomic E-state index is 12.2. The van der Waals surface area contributed by atoms with Crippen molar-refractivity contribution >= 4 is 21.9 Å². The van der Waals surface area contributed by atoms with Crippen molar-refractivity contribution in [3.05, 3.63) is 60.2 Å². The number of nitrogens with zero attached hydrogens (tertiary/aromatic N) is 1. The number of cyclic esters (lactones) is 1. The van der Waals surface area contributed by atoms with Crippen LogP contribution < -0.4 is 4.90 Å².